The zero-order valence-electron chi connectivity index (χ0n) is 9.92. The molecule has 0 atom stereocenters. The van der Waals surface area contributed by atoms with Gasteiger partial charge in [-0.2, -0.15) is 0 Å². The molecule has 4 heteroatoms. The fourth-order valence-corrected chi connectivity index (χ4v) is 1.96. The van der Waals surface area contributed by atoms with E-state index in [1.807, 2.05) is 24.3 Å². The average Bonchev–Trinajstić information content (AvgIpc) is 2.39. The molecule has 4 nitrogen and oxygen atoms in total. The van der Waals surface area contributed by atoms with Crippen molar-refractivity contribution in [2.45, 2.75) is 6.42 Å². The van der Waals surface area contributed by atoms with Crippen LogP contribution >= 0.6 is 0 Å². The van der Waals surface area contributed by atoms with Crippen LogP contribution < -0.4 is 15.8 Å². The van der Waals surface area contributed by atoms with E-state index in [4.69, 9.17) is 15.9 Å². The molecule has 1 aliphatic heterocycles. The molecule has 0 aliphatic carbocycles. The van der Waals surface area contributed by atoms with Crippen LogP contribution in [0.1, 0.15) is 12.0 Å². The van der Waals surface area contributed by atoms with Crippen LogP contribution in [-0.4, -0.2) is 25.9 Å². The Hall–Kier alpha value is -1.81. The number of hydrogen-bond donors (Lipinski definition) is 3. The lowest BCUT2D eigenvalue weighted by Crippen LogP contribution is -2.23. The molecule has 2 rings (SSSR count). The first-order valence-electron chi connectivity index (χ1n) is 5.65. The van der Waals surface area contributed by atoms with E-state index in [0.717, 1.165) is 30.6 Å². The molecule has 1 aliphatic rings. The molecule has 0 spiro atoms. The highest BCUT2D eigenvalue weighted by Gasteiger charge is 2.14. The van der Waals surface area contributed by atoms with Crippen molar-refractivity contribution >= 4 is 11.4 Å². The molecule has 0 bridgehead atoms. The van der Waals surface area contributed by atoms with E-state index in [-0.39, 0.29) is 0 Å². The molecule has 1 aromatic rings. The summed E-state index contributed by atoms with van der Waals surface area (Å²) < 4.78 is 5.17. The fourth-order valence-electron chi connectivity index (χ4n) is 1.96. The zero-order valence-corrected chi connectivity index (χ0v) is 9.92. The summed E-state index contributed by atoms with van der Waals surface area (Å²) in [4.78, 5) is 0. The van der Waals surface area contributed by atoms with Crippen molar-refractivity contribution in [1.82, 2.24) is 5.32 Å². The molecule has 0 amide bonds. The lowest BCUT2D eigenvalue weighted by Gasteiger charge is -2.17. The Morgan fingerprint density at radius 3 is 2.94 bits per heavy atom. The first-order valence-corrected chi connectivity index (χ1v) is 5.65. The quantitative estimate of drug-likeness (QED) is 0.546. The number of ether oxygens (including phenoxy) is 1. The minimum Gasteiger partial charge on any atom is -0.495 e. The maximum atomic E-state index is 8.21. The van der Waals surface area contributed by atoms with Gasteiger partial charge < -0.3 is 15.8 Å². The van der Waals surface area contributed by atoms with Crippen LogP contribution in [0.4, 0.5) is 5.69 Å². The van der Waals surface area contributed by atoms with Crippen molar-refractivity contribution < 1.29 is 4.74 Å². The van der Waals surface area contributed by atoms with Crippen molar-refractivity contribution in [2.24, 2.45) is 0 Å². The highest BCUT2D eigenvalue weighted by Crippen LogP contribution is 2.27. The topological polar surface area (TPSA) is 71.1 Å². The van der Waals surface area contributed by atoms with Gasteiger partial charge in [-0.3, -0.25) is 5.41 Å². The second-order valence-electron chi connectivity index (χ2n) is 3.98. The minimum atomic E-state index is 0.503. The fraction of sp³-hybridized carbons (Fsp3) is 0.308. The molecule has 0 radical (unpaired) electrons. The second-order valence-corrected chi connectivity index (χ2v) is 3.98. The molecule has 1 aromatic carbocycles. The first-order chi connectivity index (χ1) is 8.24. The Morgan fingerprint density at radius 2 is 2.29 bits per heavy atom. The van der Waals surface area contributed by atoms with Gasteiger partial charge in [0.2, 0.25) is 0 Å². The van der Waals surface area contributed by atoms with Gasteiger partial charge in [-0.1, -0.05) is 18.2 Å². The summed E-state index contributed by atoms with van der Waals surface area (Å²) in [7, 11) is 1.59. The summed E-state index contributed by atoms with van der Waals surface area (Å²) >= 11 is 0. The molecular weight excluding hydrogens is 214 g/mol. The van der Waals surface area contributed by atoms with Gasteiger partial charge in [0.25, 0.3) is 0 Å². The lowest BCUT2D eigenvalue weighted by molar-refractivity contribution is 0.417. The summed E-state index contributed by atoms with van der Waals surface area (Å²) in [6, 6.07) is 5.53. The van der Waals surface area contributed by atoms with Crippen molar-refractivity contribution in [1.29, 1.82) is 5.41 Å². The predicted octanol–water partition coefficient (Wildman–Crippen LogP) is 1.56. The van der Waals surface area contributed by atoms with Gasteiger partial charge in [-0.15, -0.1) is 0 Å². The highest BCUT2D eigenvalue weighted by atomic mass is 16.5. The molecule has 90 valence electrons. The normalized spacial score (nSPS) is 15.2. The van der Waals surface area contributed by atoms with Crippen molar-refractivity contribution in [2.75, 3.05) is 25.9 Å². The Morgan fingerprint density at radius 1 is 1.47 bits per heavy atom. The van der Waals surface area contributed by atoms with Crippen LogP contribution in [0.5, 0.6) is 5.75 Å². The standard InChI is InChI=1S/C13H17N3O/c1-17-11-4-2-3-10(13(11)15)12(14)9-5-7-16-8-6-9/h2-5,14,16H,6-8,15H2,1H3. The number of methoxy groups -OCH3 is 1. The van der Waals surface area contributed by atoms with Gasteiger partial charge in [0.1, 0.15) is 5.75 Å². The van der Waals surface area contributed by atoms with Crippen molar-refractivity contribution in [3.8, 4) is 5.75 Å². The largest absolute Gasteiger partial charge is 0.495 e. The van der Waals surface area contributed by atoms with E-state index in [0.29, 0.717) is 17.1 Å². The maximum absolute atomic E-state index is 8.21. The molecular formula is C13H17N3O. The van der Waals surface area contributed by atoms with Gasteiger partial charge in [0.05, 0.1) is 18.5 Å². The molecule has 0 saturated heterocycles. The number of para-hydroxylation sites is 1. The Bertz CT molecular complexity index is 466. The average molecular weight is 231 g/mol. The van der Waals surface area contributed by atoms with Crippen molar-refractivity contribution in [3.63, 3.8) is 0 Å². The van der Waals surface area contributed by atoms with E-state index in [9.17, 15) is 0 Å². The minimum absolute atomic E-state index is 0.503. The zero-order chi connectivity index (χ0) is 12.3. The van der Waals surface area contributed by atoms with Crippen LogP contribution in [0.3, 0.4) is 0 Å². The molecule has 0 unspecified atom stereocenters. The smallest absolute Gasteiger partial charge is 0.142 e. The Balaban J connectivity index is 2.33. The number of hydrogen-bond acceptors (Lipinski definition) is 4. The van der Waals surface area contributed by atoms with Crippen LogP contribution in [0.15, 0.2) is 29.8 Å². The SMILES string of the molecule is COc1cccc(C(=N)C2=CCNCC2)c1N. The molecule has 4 N–H and O–H groups in total. The Kier molecular flexibility index (Phi) is 3.44. The number of nitrogens with two attached hydrogens (primary N) is 1. The number of rotatable bonds is 3. The summed E-state index contributed by atoms with van der Waals surface area (Å²) in [5.41, 5.74) is 8.83. The van der Waals surface area contributed by atoms with E-state index in [1.165, 1.54) is 0 Å². The summed E-state index contributed by atoms with van der Waals surface area (Å²) in [5.74, 6) is 0.627. The van der Waals surface area contributed by atoms with Gasteiger partial charge >= 0.3 is 0 Å². The molecule has 0 saturated carbocycles. The van der Waals surface area contributed by atoms with Crippen LogP contribution in [0.2, 0.25) is 0 Å². The third-order valence-corrected chi connectivity index (χ3v) is 2.94. The van der Waals surface area contributed by atoms with E-state index >= 15 is 0 Å². The van der Waals surface area contributed by atoms with Crippen LogP contribution in [0.25, 0.3) is 0 Å². The predicted molar refractivity (Wildman–Crippen MR) is 69.8 cm³/mol. The summed E-state index contributed by atoms with van der Waals surface area (Å²) in [6.07, 6.45) is 2.92. The van der Waals surface area contributed by atoms with Gasteiger partial charge in [-0.05, 0) is 24.6 Å². The number of benzene rings is 1. The lowest BCUT2D eigenvalue weighted by atomic mass is 9.96. The monoisotopic (exact) mass is 231 g/mol. The van der Waals surface area contributed by atoms with Crippen molar-refractivity contribution in [3.05, 3.63) is 35.4 Å². The molecule has 0 fully saturated rings. The summed E-state index contributed by atoms with van der Waals surface area (Å²) in [6.45, 7) is 1.74. The maximum Gasteiger partial charge on any atom is 0.142 e. The third-order valence-electron chi connectivity index (χ3n) is 2.94. The van der Waals surface area contributed by atoms with E-state index in [2.05, 4.69) is 5.32 Å². The molecule has 17 heavy (non-hydrogen) atoms. The Labute approximate surface area is 101 Å². The first kappa shape index (κ1) is 11.7. The number of nitrogen functional groups attached to an aromatic ring is 1. The number of anilines is 1. The van der Waals surface area contributed by atoms with Gasteiger partial charge in [-0.25, -0.2) is 0 Å². The molecule has 0 aromatic heterocycles. The second kappa shape index (κ2) is 5.01. The van der Waals surface area contributed by atoms with Gasteiger partial charge in [0.15, 0.2) is 0 Å². The van der Waals surface area contributed by atoms with Crippen LogP contribution in [-0.2, 0) is 0 Å². The van der Waals surface area contributed by atoms with Crippen LogP contribution in [0, 0.1) is 5.41 Å². The van der Waals surface area contributed by atoms with E-state index < -0.39 is 0 Å². The van der Waals surface area contributed by atoms with E-state index in [1.54, 1.807) is 7.11 Å². The summed E-state index contributed by atoms with van der Waals surface area (Å²) in [5, 5.41) is 11.4. The third kappa shape index (κ3) is 2.31. The molecule has 1 heterocycles. The highest BCUT2D eigenvalue weighted by molar-refractivity contribution is 6.14. The number of nitrogens with one attached hydrogen (secondary N) is 2. The van der Waals surface area contributed by atoms with Gasteiger partial charge in [0, 0.05) is 12.1 Å².